The van der Waals surface area contributed by atoms with Crippen molar-refractivity contribution in [3.8, 4) is 0 Å². The van der Waals surface area contributed by atoms with E-state index in [1.807, 2.05) is 0 Å². The van der Waals surface area contributed by atoms with E-state index >= 15 is 0 Å². The van der Waals surface area contributed by atoms with Gasteiger partial charge in [-0.1, -0.05) is 30.3 Å². The third kappa shape index (κ3) is 5.90. The van der Waals surface area contributed by atoms with E-state index < -0.39 is 53.1 Å². The van der Waals surface area contributed by atoms with Gasteiger partial charge in [-0.3, -0.25) is 29.5 Å². The Morgan fingerprint density at radius 3 is 2.43 bits per heavy atom. The zero-order valence-corrected chi connectivity index (χ0v) is 19.5. The second-order valence-electron chi connectivity index (χ2n) is 7.56. The number of rotatable bonds is 7. The molecule has 0 radical (unpaired) electrons. The van der Waals surface area contributed by atoms with Crippen molar-refractivity contribution in [3.63, 3.8) is 0 Å². The summed E-state index contributed by atoms with van der Waals surface area (Å²) in [4.78, 5) is 73.1. The highest BCUT2D eigenvalue weighted by atomic mass is 32.2. The third-order valence-corrected chi connectivity index (χ3v) is 6.36. The van der Waals surface area contributed by atoms with Gasteiger partial charge in [0.2, 0.25) is 11.8 Å². The van der Waals surface area contributed by atoms with Crippen LogP contribution in [0.5, 0.6) is 0 Å². The van der Waals surface area contributed by atoms with Crippen LogP contribution in [-0.4, -0.2) is 69.5 Å². The summed E-state index contributed by atoms with van der Waals surface area (Å²) in [5.74, 6) is -3.65. The number of benzene rings is 1. The van der Waals surface area contributed by atoms with Gasteiger partial charge in [-0.25, -0.2) is 15.0 Å². The molecule has 2 heterocycles. The Labute approximate surface area is 203 Å². The summed E-state index contributed by atoms with van der Waals surface area (Å²) in [6.07, 6.45) is 0. The van der Waals surface area contributed by atoms with Crippen LogP contribution in [0.3, 0.4) is 0 Å². The Morgan fingerprint density at radius 1 is 1.14 bits per heavy atom. The van der Waals surface area contributed by atoms with Crippen LogP contribution >= 0.6 is 11.8 Å². The Morgan fingerprint density at radius 2 is 1.83 bits per heavy atom. The maximum absolute atomic E-state index is 13.1. The fraction of sp³-hybridized carbons (Fsp3) is 0.333. The fourth-order valence-electron chi connectivity index (χ4n) is 3.48. The molecule has 0 bridgehead atoms. The molecule has 1 saturated heterocycles. The molecule has 1 aromatic carbocycles. The van der Waals surface area contributed by atoms with Crippen molar-refractivity contribution in [2.75, 3.05) is 12.4 Å². The van der Waals surface area contributed by atoms with Crippen LogP contribution in [0, 0.1) is 0 Å². The molecule has 5 N–H and O–H groups in total. The molecule has 1 fully saturated rings. The lowest BCUT2D eigenvalue weighted by molar-refractivity contribution is -0.151. The lowest BCUT2D eigenvalue weighted by Crippen LogP contribution is -2.71. The van der Waals surface area contributed by atoms with Gasteiger partial charge < -0.3 is 20.5 Å². The Balaban J connectivity index is 1.75. The van der Waals surface area contributed by atoms with Gasteiger partial charge in [0.05, 0.1) is 0 Å². The van der Waals surface area contributed by atoms with E-state index in [0.29, 0.717) is 5.56 Å². The quantitative estimate of drug-likeness (QED) is 0.183. The predicted molar refractivity (Wildman–Crippen MR) is 121 cm³/mol. The lowest BCUT2D eigenvalue weighted by atomic mass is 10.0. The van der Waals surface area contributed by atoms with E-state index in [0.717, 1.165) is 4.90 Å². The highest BCUT2D eigenvalue weighted by Crippen LogP contribution is 2.40. The molecule has 0 saturated carbocycles. The summed E-state index contributed by atoms with van der Waals surface area (Å²) in [7, 11) is 0. The van der Waals surface area contributed by atoms with Gasteiger partial charge in [-0.05, 0) is 5.56 Å². The Bertz CT molecular complexity index is 1090. The molecule has 0 spiro atoms. The molecular formula is C21H23N5O8S. The number of carboxylic acid groups (broad SMARTS) is 1. The van der Waals surface area contributed by atoms with E-state index in [9.17, 15) is 33.9 Å². The molecule has 1 aromatic rings. The van der Waals surface area contributed by atoms with Crippen LogP contribution in [0.1, 0.15) is 25.5 Å². The number of urea groups is 1. The van der Waals surface area contributed by atoms with E-state index in [4.69, 9.17) is 4.74 Å². The molecule has 13 nitrogen and oxygen atoms in total. The van der Waals surface area contributed by atoms with Crippen LogP contribution in [0.4, 0.5) is 4.79 Å². The molecule has 3 rings (SSSR count). The highest BCUT2D eigenvalue weighted by Gasteiger charge is 2.54. The summed E-state index contributed by atoms with van der Waals surface area (Å²) >= 11 is 1.21. The number of hydrogen-bond donors (Lipinski definition) is 5. The average Bonchev–Trinajstić information content (AvgIpc) is 2.82. The number of nitrogens with zero attached hydrogens (tertiary/aromatic N) is 1. The van der Waals surface area contributed by atoms with Gasteiger partial charge in [0.25, 0.3) is 5.91 Å². The summed E-state index contributed by atoms with van der Waals surface area (Å²) in [5.41, 5.74) is 4.60. The molecular weight excluding hydrogens is 482 g/mol. The van der Waals surface area contributed by atoms with Crippen molar-refractivity contribution in [2.24, 2.45) is 0 Å². The first-order chi connectivity index (χ1) is 16.6. The number of esters is 1. The minimum absolute atomic E-state index is 0.176. The van der Waals surface area contributed by atoms with E-state index in [-0.39, 0.29) is 23.6 Å². The monoisotopic (exact) mass is 505 g/mol. The zero-order chi connectivity index (χ0) is 25.7. The number of β-lactam (4-membered cyclic amide) rings is 1. The van der Waals surface area contributed by atoms with E-state index in [1.54, 1.807) is 30.3 Å². The smallest absolute Gasteiger partial charge is 0.352 e. The van der Waals surface area contributed by atoms with Crippen molar-refractivity contribution in [1.29, 1.82) is 0 Å². The molecule has 35 heavy (non-hydrogen) atoms. The van der Waals surface area contributed by atoms with Gasteiger partial charge >= 0.3 is 18.0 Å². The maximum Gasteiger partial charge on any atom is 0.352 e. The zero-order valence-electron chi connectivity index (χ0n) is 18.7. The molecule has 14 heteroatoms. The topological polar surface area (TPSA) is 183 Å². The second-order valence-corrected chi connectivity index (χ2v) is 8.66. The third-order valence-electron chi connectivity index (χ3n) is 5.02. The molecule has 0 aliphatic carbocycles. The van der Waals surface area contributed by atoms with Crippen LogP contribution in [-0.2, 0) is 28.7 Å². The number of hydrazine groups is 1. The van der Waals surface area contributed by atoms with Crippen LogP contribution in [0.25, 0.3) is 0 Å². The number of carbonyl (C=O) groups excluding carboxylic acids is 5. The number of thioether (sulfide) groups is 1. The average molecular weight is 506 g/mol. The SMILES string of the molecule is CC(=O)NNC(=O)NC(C(=O)N[C@H]1C(=O)N2C(C(=O)O)=C(COC(C)=O)CSC12)c1ccccc1. The molecule has 2 aliphatic heterocycles. The maximum atomic E-state index is 13.1. The first-order valence-electron chi connectivity index (χ1n) is 10.3. The summed E-state index contributed by atoms with van der Waals surface area (Å²) in [6.45, 7) is 2.11. The number of aliphatic carboxylic acids is 1. The van der Waals surface area contributed by atoms with Crippen molar-refractivity contribution >= 4 is 47.5 Å². The number of ether oxygens (including phenoxy) is 1. The van der Waals surface area contributed by atoms with Crippen LogP contribution in [0.2, 0.25) is 0 Å². The number of nitrogens with one attached hydrogen (secondary N) is 4. The predicted octanol–water partition coefficient (Wildman–Crippen LogP) is -0.620. The number of amides is 5. The molecule has 2 unspecified atom stereocenters. The normalized spacial score (nSPS) is 19.5. The van der Waals surface area contributed by atoms with Crippen molar-refractivity contribution in [2.45, 2.75) is 31.3 Å². The van der Waals surface area contributed by atoms with Gasteiger partial charge in [0, 0.05) is 25.2 Å². The van der Waals surface area contributed by atoms with E-state index in [2.05, 4.69) is 21.5 Å². The minimum Gasteiger partial charge on any atom is -0.477 e. The highest BCUT2D eigenvalue weighted by molar-refractivity contribution is 8.00. The van der Waals surface area contributed by atoms with Crippen LogP contribution < -0.4 is 21.5 Å². The number of hydrogen-bond acceptors (Lipinski definition) is 8. The standard InChI is InChI=1S/C21H23N5O8S/c1-10(27)24-25-21(33)23-14(12-6-4-3-5-7-12)17(29)22-15-18(30)26-16(20(31)32)13(8-34-11(2)28)9-35-19(15)26/h3-7,14-15,19H,8-9H2,1-2H3,(H,22,29)(H,24,27)(H,31,32)(H2,23,25,33)/t14?,15-,19?/m0/s1. The van der Waals surface area contributed by atoms with E-state index in [1.165, 1.54) is 25.6 Å². The first kappa shape index (κ1) is 25.6. The Hall–Kier alpha value is -4.07. The van der Waals surface area contributed by atoms with Crippen molar-refractivity contribution in [3.05, 3.63) is 47.2 Å². The van der Waals surface area contributed by atoms with Gasteiger partial charge in [0.15, 0.2) is 0 Å². The molecule has 3 atom stereocenters. The van der Waals surface area contributed by atoms with Crippen LogP contribution in [0.15, 0.2) is 41.6 Å². The minimum atomic E-state index is -1.35. The fourth-order valence-corrected chi connectivity index (χ4v) is 4.80. The number of carbonyl (C=O) groups is 6. The molecule has 2 aliphatic rings. The number of carboxylic acids is 1. The van der Waals surface area contributed by atoms with Gasteiger partial charge in [0.1, 0.15) is 29.8 Å². The molecule has 186 valence electrons. The van der Waals surface area contributed by atoms with Crippen molar-refractivity contribution < 1.29 is 38.6 Å². The summed E-state index contributed by atoms with van der Waals surface area (Å²) in [5, 5.41) is 13.9. The lowest BCUT2D eigenvalue weighted by Gasteiger charge is -2.49. The Kier molecular flexibility index (Phi) is 7.96. The van der Waals surface area contributed by atoms with Crippen molar-refractivity contribution in [1.82, 2.24) is 26.4 Å². The molecule has 5 amide bonds. The second kappa shape index (κ2) is 10.9. The van der Waals surface area contributed by atoms with Gasteiger partial charge in [-0.15, -0.1) is 11.8 Å². The number of fused-ring (bicyclic) bond motifs is 1. The van der Waals surface area contributed by atoms with Gasteiger partial charge in [-0.2, -0.15) is 0 Å². The molecule has 0 aromatic heterocycles. The summed E-state index contributed by atoms with van der Waals surface area (Å²) < 4.78 is 4.89. The first-order valence-corrected chi connectivity index (χ1v) is 11.4. The largest absolute Gasteiger partial charge is 0.477 e. The summed E-state index contributed by atoms with van der Waals surface area (Å²) in [6, 6.07) is 5.12.